The van der Waals surface area contributed by atoms with Gasteiger partial charge in [-0.2, -0.15) is 4.58 Å². The predicted molar refractivity (Wildman–Crippen MR) is 243 cm³/mol. The molecule has 335 valence electrons. The Morgan fingerprint density at radius 3 is 1.62 bits per heavy atom. The summed E-state index contributed by atoms with van der Waals surface area (Å²) in [4.78, 5) is 51.9. The van der Waals surface area contributed by atoms with Crippen molar-refractivity contribution in [3.63, 3.8) is 0 Å². The number of hydrogen-bond acceptors (Lipinski definition) is 15. The van der Waals surface area contributed by atoms with Gasteiger partial charge in [-0.15, -0.1) is 0 Å². The van der Waals surface area contributed by atoms with Gasteiger partial charge < -0.3 is 35.3 Å². The summed E-state index contributed by atoms with van der Waals surface area (Å²) in [6, 6.07) is 17.5. The Balaban J connectivity index is 0.000000212. The van der Waals surface area contributed by atoms with Gasteiger partial charge in [-0.3, -0.25) is 40.0 Å². The minimum Gasteiger partial charge on any atom is -0.506 e. The minimum atomic E-state index is -0.578. The number of nitro groups is 2. The largest absolute Gasteiger partial charge is 0.506 e. The second-order valence-electron chi connectivity index (χ2n) is 14.3. The number of thiazole rings is 2. The number of aliphatic hydroxyl groups excluding tert-OH is 2. The van der Waals surface area contributed by atoms with Crippen LogP contribution in [0.1, 0.15) is 52.7 Å². The monoisotopic (exact) mass is 950 g/mol. The maximum absolute atomic E-state index is 11.1. The Bertz CT molecular complexity index is 2680. The average Bonchev–Trinajstić information content (AvgIpc) is 3.96. The molecule has 2 aromatic heterocycles. The van der Waals surface area contributed by atoms with E-state index in [9.17, 15) is 40.0 Å². The molecule has 0 unspecified atom stereocenters. The van der Waals surface area contributed by atoms with Crippen molar-refractivity contribution in [1.29, 1.82) is 0 Å². The van der Waals surface area contributed by atoms with E-state index >= 15 is 0 Å². The standard InChI is InChI=1S/C23H29N2.2C10H8N4O4S.Co/c1-6-25(7-2)19-15-12-18(13-16-19)14-17-22-23(3,4)20-10-8-9-11-21(20)24(22)5;2*1-5-2-6(15)3-7(16)9(5)12-13-10-11-4-8(19-10)14(17)18;/h8-17H,6-7H2,1-5H3;2*2-4H,1H3,(H2,11,13,15,16);/q+1;;;/p-2. The number of nitrogens with zero attached hydrogens (tertiary/aromatic N) is 10. The molecule has 2 aromatic carbocycles. The van der Waals surface area contributed by atoms with Gasteiger partial charge in [0.15, 0.2) is 17.3 Å². The third-order valence-corrected chi connectivity index (χ3v) is 11.4. The minimum absolute atomic E-state index is 0. The van der Waals surface area contributed by atoms with E-state index in [2.05, 4.69) is 135 Å². The fourth-order valence-electron chi connectivity index (χ4n) is 6.54. The van der Waals surface area contributed by atoms with Crippen LogP contribution < -0.4 is 24.5 Å². The molecule has 2 aliphatic carbocycles. The van der Waals surface area contributed by atoms with Crippen molar-refractivity contribution < 1.29 is 51.0 Å². The molecular formula is C43H43CoN10O8S2-. The fourth-order valence-corrected chi connectivity index (χ4v) is 7.65. The van der Waals surface area contributed by atoms with Gasteiger partial charge >= 0.3 is 10.0 Å². The summed E-state index contributed by atoms with van der Waals surface area (Å²) in [5, 5.41) is 54.7. The molecule has 1 radical (unpaired) electrons. The van der Waals surface area contributed by atoms with Crippen LogP contribution in [0, 0.1) is 20.2 Å². The number of allylic oxidation sites excluding steroid dienone is 7. The van der Waals surface area contributed by atoms with Crippen molar-refractivity contribution in [3.05, 3.63) is 155 Å². The summed E-state index contributed by atoms with van der Waals surface area (Å²) in [6.45, 7) is 14.3. The van der Waals surface area contributed by atoms with Crippen LogP contribution in [0.2, 0.25) is 0 Å². The van der Waals surface area contributed by atoms with Gasteiger partial charge in [0.1, 0.15) is 30.0 Å². The maximum Gasteiger partial charge on any atom is 0.319 e. The number of carbonyl (C=O) groups is 2. The van der Waals surface area contributed by atoms with E-state index in [1.54, 1.807) is 13.8 Å². The van der Waals surface area contributed by atoms with Gasteiger partial charge in [0, 0.05) is 87.4 Å². The zero-order valence-corrected chi connectivity index (χ0v) is 38.3. The molecule has 18 nitrogen and oxygen atoms in total. The Labute approximate surface area is 385 Å². The number of para-hydroxylation sites is 1. The van der Waals surface area contributed by atoms with Crippen molar-refractivity contribution in [2.24, 2.45) is 20.4 Å². The number of ketones is 2. The van der Waals surface area contributed by atoms with Gasteiger partial charge in [0.05, 0.1) is 15.3 Å². The molecule has 0 atom stereocenters. The maximum atomic E-state index is 11.1. The fraction of sp³-hybridized carbons (Fsp3) is 0.233. The molecule has 0 spiro atoms. The van der Waals surface area contributed by atoms with Crippen molar-refractivity contribution >= 4 is 78.8 Å². The van der Waals surface area contributed by atoms with Crippen LogP contribution >= 0.6 is 22.7 Å². The van der Waals surface area contributed by atoms with E-state index in [1.807, 2.05) is 0 Å². The molecule has 0 saturated heterocycles. The van der Waals surface area contributed by atoms with E-state index in [1.165, 1.54) is 40.4 Å². The molecule has 0 bridgehead atoms. The zero-order chi connectivity index (χ0) is 46.0. The first-order valence-electron chi connectivity index (χ1n) is 19.2. The number of aliphatic hydroxyl groups is 2. The second kappa shape index (κ2) is 21.9. The molecular weight excluding hydrogens is 908 g/mol. The third-order valence-electron chi connectivity index (χ3n) is 9.70. The average molecular weight is 951 g/mol. The number of benzene rings is 2. The number of fused-ring (bicyclic) bond motifs is 1. The van der Waals surface area contributed by atoms with Gasteiger partial charge in [0.2, 0.25) is 5.69 Å². The van der Waals surface area contributed by atoms with Crippen LogP contribution in [-0.2, 0) is 31.8 Å². The van der Waals surface area contributed by atoms with E-state index < -0.39 is 9.85 Å². The quantitative estimate of drug-likeness (QED) is 0.0754. The first-order valence-corrected chi connectivity index (χ1v) is 20.9. The molecule has 0 saturated carbocycles. The summed E-state index contributed by atoms with van der Waals surface area (Å²) in [6.07, 6.45) is 11.3. The number of rotatable bonds is 9. The molecule has 0 fully saturated rings. The second-order valence-corrected chi connectivity index (χ2v) is 16.3. The van der Waals surface area contributed by atoms with E-state index in [-0.39, 0.29) is 76.3 Å². The van der Waals surface area contributed by atoms with Crippen LogP contribution in [0.15, 0.2) is 134 Å². The van der Waals surface area contributed by atoms with Crippen LogP contribution in [-0.4, -0.2) is 73.5 Å². The topological polar surface area (TPSA) is 245 Å². The Hall–Kier alpha value is -6.94. The van der Waals surface area contributed by atoms with E-state index in [0.717, 1.165) is 60.3 Å². The number of aromatic nitrogens is 2. The summed E-state index contributed by atoms with van der Waals surface area (Å²) >= 11 is 1.52. The van der Waals surface area contributed by atoms with E-state index in [4.69, 9.17) is 0 Å². The molecule has 21 heteroatoms. The van der Waals surface area contributed by atoms with Crippen LogP contribution in [0.25, 0.3) is 6.08 Å². The van der Waals surface area contributed by atoms with Crippen LogP contribution in [0.5, 0.6) is 0 Å². The van der Waals surface area contributed by atoms with Gasteiger partial charge in [-0.1, -0.05) is 53.0 Å². The number of hydrogen-bond donors (Lipinski definition) is 2. The molecule has 4 aromatic rings. The van der Waals surface area contributed by atoms with Crippen LogP contribution in [0.3, 0.4) is 0 Å². The van der Waals surface area contributed by atoms with Gasteiger partial charge in [-0.05, 0) is 88.6 Å². The first-order chi connectivity index (χ1) is 29.9. The molecule has 0 amide bonds. The van der Waals surface area contributed by atoms with Crippen molar-refractivity contribution in [2.75, 3.05) is 25.0 Å². The molecule has 1 aliphatic heterocycles. The normalized spacial score (nSPS) is 17.1. The zero-order valence-electron chi connectivity index (χ0n) is 35.6. The molecule has 7 rings (SSSR count). The molecule has 2 N–H and O–H groups in total. The Morgan fingerprint density at radius 2 is 1.22 bits per heavy atom. The summed E-state index contributed by atoms with van der Waals surface area (Å²) in [5.41, 5.74) is 7.79. The SMILES string of the molecule is CC1=CC(=O)C=C(O)C1=NN=c1[n-]cc([N+](=O)[O-])s1.CC1=CC(=O)C=C(O)C1=NN=c1[n-]cc([N+](=O)[O-])s1.CCN(CC)c1ccc(/C=C/C2=[N+](C)c3ccccc3C2(C)C)cc1.[Co]. The Morgan fingerprint density at radius 1 is 0.750 bits per heavy atom. The van der Waals surface area contributed by atoms with Crippen molar-refractivity contribution in [3.8, 4) is 0 Å². The van der Waals surface area contributed by atoms with Crippen molar-refractivity contribution in [2.45, 2.75) is 47.0 Å². The van der Waals surface area contributed by atoms with E-state index in [0.29, 0.717) is 11.1 Å². The van der Waals surface area contributed by atoms with Gasteiger partial charge in [0.25, 0.3) is 0 Å². The summed E-state index contributed by atoms with van der Waals surface area (Å²) in [7, 11) is 2.16. The molecule has 64 heavy (non-hydrogen) atoms. The predicted octanol–water partition coefficient (Wildman–Crippen LogP) is 6.93. The summed E-state index contributed by atoms with van der Waals surface area (Å²) in [5.74, 6) is -1.25. The smallest absolute Gasteiger partial charge is 0.319 e. The summed E-state index contributed by atoms with van der Waals surface area (Å²) < 4.78 is 2.32. The third kappa shape index (κ3) is 12.2. The van der Waals surface area contributed by atoms with Gasteiger partial charge in [-0.25, -0.2) is 0 Å². The molecule has 3 heterocycles. The molecule has 3 aliphatic rings. The van der Waals surface area contributed by atoms with Crippen molar-refractivity contribution in [1.82, 2.24) is 9.97 Å². The first kappa shape index (κ1) is 49.7. The number of carbonyl (C=O) groups excluding carboxylic acids is 2. The Kier molecular flexibility index (Phi) is 17.0. The number of anilines is 1. The van der Waals surface area contributed by atoms with Crippen LogP contribution in [0.4, 0.5) is 21.4 Å².